The third kappa shape index (κ3) is 1.24. The standard InChI is InChI=1S/C17H12O3/c18-14-8-7-12-10(14)5-6-11-9-3-1-2-4-13(9)16(19)17(20)15(11)12/h1-6,8,18-20H,7H2. The summed E-state index contributed by atoms with van der Waals surface area (Å²) >= 11 is 0. The van der Waals surface area contributed by atoms with Crippen LogP contribution in [0.25, 0.3) is 27.3 Å². The van der Waals surface area contributed by atoms with Crippen LogP contribution in [-0.4, -0.2) is 15.3 Å². The number of phenolic OH excluding ortho intramolecular Hbond substituents is 2. The van der Waals surface area contributed by atoms with Gasteiger partial charge in [0.15, 0.2) is 11.5 Å². The number of benzene rings is 3. The highest BCUT2D eigenvalue weighted by molar-refractivity contribution is 6.15. The molecule has 0 radical (unpaired) electrons. The number of allylic oxidation sites excluding steroid dienone is 1. The van der Waals surface area contributed by atoms with E-state index in [-0.39, 0.29) is 17.3 Å². The van der Waals surface area contributed by atoms with Crippen molar-refractivity contribution in [2.24, 2.45) is 0 Å². The molecular formula is C17H12O3. The van der Waals surface area contributed by atoms with E-state index in [4.69, 9.17) is 0 Å². The van der Waals surface area contributed by atoms with Gasteiger partial charge in [0.1, 0.15) is 5.76 Å². The van der Waals surface area contributed by atoms with Crippen LogP contribution in [0.4, 0.5) is 0 Å². The Morgan fingerprint density at radius 2 is 1.50 bits per heavy atom. The molecule has 1 aliphatic carbocycles. The van der Waals surface area contributed by atoms with Gasteiger partial charge in [-0.2, -0.15) is 0 Å². The molecule has 0 atom stereocenters. The lowest BCUT2D eigenvalue weighted by Gasteiger charge is -2.13. The molecule has 0 aliphatic heterocycles. The second-order valence-corrected chi connectivity index (χ2v) is 5.05. The van der Waals surface area contributed by atoms with Crippen molar-refractivity contribution in [3.05, 3.63) is 53.6 Å². The highest BCUT2D eigenvalue weighted by Gasteiger charge is 2.21. The summed E-state index contributed by atoms with van der Waals surface area (Å²) in [7, 11) is 0. The van der Waals surface area contributed by atoms with Gasteiger partial charge in [0.05, 0.1) is 0 Å². The van der Waals surface area contributed by atoms with Crippen molar-refractivity contribution in [3.8, 4) is 11.5 Å². The Kier molecular flexibility index (Phi) is 2.05. The van der Waals surface area contributed by atoms with Gasteiger partial charge in [-0.15, -0.1) is 0 Å². The minimum absolute atomic E-state index is 0.104. The zero-order chi connectivity index (χ0) is 13.9. The van der Waals surface area contributed by atoms with Gasteiger partial charge >= 0.3 is 0 Å². The number of fused-ring (bicyclic) bond motifs is 5. The predicted molar refractivity (Wildman–Crippen MR) is 79.1 cm³/mol. The molecule has 98 valence electrons. The largest absolute Gasteiger partial charge is 0.508 e. The highest BCUT2D eigenvalue weighted by atomic mass is 16.3. The Bertz CT molecular complexity index is 902. The Balaban J connectivity index is 2.28. The van der Waals surface area contributed by atoms with Crippen LogP contribution in [-0.2, 0) is 6.42 Å². The van der Waals surface area contributed by atoms with Crippen molar-refractivity contribution in [2.45, 2.75) is 6.42 Å². The summed E-state index contributed by atoms with van der Waals surface area (Å²) in [5.74, 6) is 0.0143. The molecule has 0 fully saturated rings. The number of aromatic hydroxyl groups is 2. The monoisotopic (exact) mass is 264 g/mol. The molecule has 3 aromatic carbocycles. The topological polar surface area (TPSA) is 60.7 Å². The third-order valence-corrected chi connectivity index (χ3v) is 4.02. The molecule has 3 aromatic rings. The predicted octanol–water partition coefficient (Wildman–Crippen LogP) is 3.86. The van der Waals surface area contributed by atoms with Gasteiger partial charge in [-0.05, 0) is 28.8 Å². The van der Waals surface area contributed by atoms with E-state index in [0.29, 0.717) is 17.2 Å². The van der Waals surface area contributed by atoms with E-state index in [1.807, 2.05) is 30.3 Å². The average Bonchev–Trinajstić information content (AvgIpc) is 2.86. The van der Waals surface area contributed by atoms with Crippen molar-refractivity contribution in [1.29, 1.82) is 0 Å². The van der Waals surface area contributed by atoms with Crippen LogP contribution in [0, 0.1) is 0 Å². The average molecular weight is 264 g/mol. The maximum Gasteiger partial charge on any atom is 0.166 e. The fourth-order valence-electron chi connectivity index (χ4n) is 3.07. The van der Waals surface area contributed by atoms with Crippen molar-refractivity contribution < 1.29 is 15.3 Å². The number of aliphatic hydroxyl groups is 1. The van der Waals surface area contributed by atoms with Crippen LogP contribution < -0.4 is 0 Å². The molecule has 3 nitrogen and oxygen atoms in total. The molecule has 0 bridgehead atoms. The fraction of sp³-hybridized carbons (Fsp3) is 0.0588. The Hall–Kier alpha value is -2.68. The van der Waals surface area contributed by atoms with Gasteiger partial charge in [-0.3, -0.25) is 0 Å². The lowest BCUT2D eigenvalue weighted by Crippen LogP contribution is -1.90. The summed E-state index contributed by atoms with van der Waals surface area (Å²) in [6, 6.07) is 11.2. The normalized spacial score (nSPS) is 13.7. The molecule has 3 N–H and O–H groups in total. The first kappa shape index (κ1) is 11.2. The van der Waals surface area contributed by atoms with Crippen molar-refractivity contribution in [2.75, 3.05) is 0 Å². The Morgan fingerprint density at radius 3 is 2.30 bits per heavy atom. The quantitative estimate of drug-likeness (QED) is 0.427. The van der Waals surface area contributed by atoms with E-state index in [1.165, 1.54) is 0 Å². The fourth-order valence-corrected chi connectivity index (χ4v) is 3.07. The summed E-state index contributed by atoms with van der Waals surface area (Å²) in [5.41, 5.74) is 1.58. The van der Waals surface area contributed by atoms with E-state index >= 15 is 0 Å². The second kappa shape index (κ2) is 3.67. The molecule has 4 rings (SSSR count). The van der Waals surface area contributed by atoms with Crippen molar-refractivity contribution >= 4 is 27.3 Å². The first-order valence-electron chi connectivity index (χ1n) is 6.46. The summed E-state index contributed by atoms with van der Waals surface area (Å²) in [4.78, 5) is 0. The minimum atomic E-state index is -0.112. The zero-order valence-electron chi connectivity index (χ0n) is 10.6. The molecule has 3 heteroatoms. The van der Waals surface area contributed by atoms with Crippen LogP contribution in [0.3, 0.4) is 0 Å². The molecule has 0 spiro atoms. The maximum absolute atomic E-state index is 10.4. The van der Waals surface area contributed by atoms with Crippen LogP contribution in [0.15, 0.2) is 42.5 Å². The molecule has 0 aromatic heterocycles. The van der Waals surface area contributed by atoms with Crippen LogP contribution >= 0.6 is 0 Å². The van der Waals surface area contributed by atoms with Gasteiger partial charge in [-0.25, -0.2) is 0 Å². The molecule has 0 amide bonds. The van der Waals surface area contributed by atoms with Crippen LogP contribution in [0.1, 0.15) is 11.1 Å². The first-order valence-corrected chi connectivity index (χ1v) is 6.46. The molecule has 0 saturated heterocycles. The Morgan fingerprint density at radius 1 is 0.750 bits per heavy atom. The second-order valence-electron chi connectivity index (χ2n) is 5.05. The summed E-state index contributed by atoms with van der Waals surface area (Å²) in [6.45, 7) is 0. The van der Waals surface area contributed by atoms with Crippen molar-refractivity contribution in [3.63, 3.8) is 0 Å². The first-order chi connectivity index (χ1) is 9.68. The molecule has 0 unspecified atom stereocenters. The molecule has 20 heavy (non-hydrogen) atoms. The summed E-state index contributed by atoms with van der Waals surface area (Å²) in [6.07, 6.45) is 2.28. The number of aliphatic hydroxyl groups excluding tert-OH is 1. The molecule has 1 aliphatic rings. The van der Waals surface area contributed by atoms with E-state index in [9.17, 15) is 15.3 Å². The van der Waals surface area contributed by atoms with Gasteiger partial charge in [0.25, 0.3) is 0 Å². The number of rotatable bonds is 0. The van der Waals surface area contributed by atoms with E-state index in [2.05, 4.69) is 0 Å². The summed E-state index contributed by atoms with van der Waals surface area (Å²) in [5, 5.41) is 33.4. The summed E-state index contributed by atoms with van der Waals surface area (Å²) < 4.78 is 0. The minimum Gasteiger partial charge on any atom is -0.508 e. The SMILES string of the molecule is OC1=CCc2c1ccc1c2c(O)c(O)c2ccccc21. The highest BCUT2D eigenvalue weighted by Crippen LogP contribution is 2.45. The van der Waals surface area contributed by atoms with Crippen molar-refractivity contribution in [1.82, 2.24) is 0 Å². The molecular weight excluding hydrogens is 252 g/mol. The van der Waals surface area contributed by atoms with Crippen LogP contribution in [0.2, 0.25) is 0 Å². The maximum atomic E-state index is 10.4. The molecule has 0 heterocycles. The van der Waals surface area contributed by atoms with Crippen LogP contribution in [0.5, 0.6) is 11.5 Å². The number of phenols is 2. The van der Waals surface area contributed by atoms with E-state index in [1.54, 1.807) is 12.1 Å². The van der Waals surface area contributed by atoms with Gasteiger partial charge in [-0.1, -0.05) is 36.4 Å². The smallest absolute Gasteiger partial charge is 0.166 e. The lowest BCUT2D eigenvalue weighted by atomic mass is 9.94. The van der Waals surface area contributed by atoms with E-state index in [0.717, 1.165) is 21.9 Å². The van der Waals surface area contributed by atoms with Gasteiger partial charge < -0.3 is 15.3 Å². The third-order valence-electron chi connectivity index (χ3n) is 4.02. The Labute approximate surface area is 115 Å². The van der Waals surface area contributed by atoms with Gasteiger partial charge in [0.2, 0.25) is 0 Å². The number of hydrogen-bond donors (Lipinski definition) is 3. The molecule has 0 saturated carbocycles. The number of hydrogen-bond acceptors (Lipinski definition) is 3. The van der Waals surface area contributed by atoms with Gasteiger partial charge in [0, 0.05) is 16.3 Å². The van der Waals surface area contributed by atoms with E-state index < -0.39 is 0 Å². The lowest BCUT2D eigenvalue weighted by molar-refractivity contribution is 0.412. The zero-order valence-corrected chi connectivity index (χ0v) is 10.6.